The number of rotatable bonds is 16. The average molecular weight is 1030 g/mol. The first-order valence-corrected chi connectivity index (χ1v) is 24.4. The number of carbonyl (C=O) groups excluding carboxylic acids is 8. The second-order valence-corrected chi connectivity index (χ2v) is 17.1. The number of nitrogens with zero attached hydrogens (tertiary/aromatic N) is 4. The highest BCUT2D eigenvalue weighted by molar-refractivity contribution is 7.12. The number of ketones is 4. The molecule has 4 aromatic carbocycles. The van der Waals surface area contributed by atoms with E-state index in [1.54, 1.807) is 104 Å². The highest BCUT2D eigenvalue weighted by atomic mass is 32.1. The summed E-state index contributed by atoms with van der Waals surface area (Å²) in [6.07, 6.45) is 9.04. The zero-order valence-corrected chi connectivity index (χ0v) is 44.1. The number of amides is 4. The topological polar surface area (TPSA) is 203 Å². The standard InChI is InChI=1S/C21H17N3O2S.C14H17NO3.C13H15NO3.C10H11NO2/c1-14(25)23(2)16-6-3-5-15(13-16)18-8-10-22-21-17(9-11-24(18)21)20(26)19-7-4-12-27-19;1-4-18-9-8-14(17)12-6-5-7-13(10-12)15(3)11(2)16;1-3-17-8-7-13(16)11-5-4-6-12(9-11)14-10(2)15;1-7(12)9-4-3-5-10(6-9)11-8(2)13/h3-13H,1-2H3;5-10H,4H2,1-3H3;4-9H,3H2,1-2H3,(H,14,15);3-6H,1-2H3,(H,11,13)/b;9-8+;8-7+;. The van der Waals surface area contributed by atoms with Crippen LogP contribution in [0.1, 0.15) is 94.8 Å². The van der Waals surface area contributed by atoms with Gasteiger partial charge in [0.25, 0.3) is 0 Å². The number of fused-ring (bicyclic) bond motifs is 1. The smallest absolute Gasteiger partial charge is 0.223 e. The van der Waals surface area contributed by atoms with Crippen LogP contribution in [0.2, 0.25) is 0 Å². The van der Waals surface area contributed by atoms with Crippen LogP contribution >= 0.6 is 11.3 Å². The Morgan fingerprint density at radius 3 is 1.61 bits per heavy atom. The van der Waals surface area contributed by atoms with Gasteiger partial charge in [-0.2, -0.15) is 0 Å². The van der Waals surface area contributed by atoms with Gasteiger partial charge in [0, 0.05) is 111 Å². The van der Waals surface area contributed by atoms with E-state index in [0.29, 0.717) is 63.1 Å². The molecule has 16 nitrogen and oxygen atoms in total. The molecule has 17 heteroatoms. The second kappa shape index (κ2) is 29.4. The van der Waals surface area contributed by atoms with Crippen molar-refractivity contribution in [3.63, 3.8) is 0 Å². The highest BCUT2D eigenvalue weighted by Crippen LogP contribution is 2.28. The molecule has 0 saturated heterocycles. The van der Waals surface area contributed by atoms with Crippen LogP contribution in [0.3, 0.4) is 0 Å². The zero-order valence-electron chi connectivity index (χ0n) is 43.3. The minimum Gasteiger partial charge on any atom is -0.501 e. The predicted octanol–water partition coefficient (Wildman–Crippen LogP) is 10.9. The Bertz CT molecular complexity index is 3190. The minimum atomic E-state index is -0.167. The molecule has 0 spiro atoms. The van der Waals surface area contributed by atoms with E-state index in [1.165, 1.54) is 75.5 Å². The zero-order chi connectivity index (χ0) is 55.0. The summed E-state index contributed by atoms with van der Waals surface area (Å²) in [6, 6.07) is 35.7. The largest absolute Gasteiger partial charge is 0.501 e. The van der Waals surface area contributed by atoms with E-state index in [1.807, 2.05) is 72.3 Å². The summed E-state index contributed by atoms with van der Waals surface area (Å²) >= 11 is 1.42. The Hall–Kier alpha value is -9.09. The monoisotopic (exact) mass is 1030 g/mol. The van der Waals surface area contributed by atoms with E-state index in [-0.39, 0.29) is 46.8 Å². The van der Waals surface area contributed by atoms with Crippen molar-refractivity contribution in [3.05, 3.63) is 191 Å². The quantitative estimate of drug-likeness (QED) is 0.0529. The summed E-state index contributed by atoms with van der Waals surface area (Å²) in [6.45, 7) is 12.1. The van der Waals surface area contributed by atoms with Gasteiger partial charge >= 0.3 is 0 Å². The lowest BCUT2D eigenvalue weighted by atomic mass is 10.1. The van der Waals surface area contributed by atoms with Gasteiger partial charge in [0.1, 0.15) is 5.65 Å². The first-order valence-electron chi connectivity index (χ1n) is 23.5. The van der Waals surface area contributed by atoms with Crippen molar-refractivity contribution in [1.82, 2.24) is 9.38 Å². The van der Waals surface area contributed by atoms with Crippen LogP contribution in [0.4, 0.5) is 22.7 Å². The molecular weight excluding hydrogens is 973 g/mol. The molecule has 3 aromatic heterocycles. The fourth-order valence-electron chi connectivity index (χ4n) is 6.64. The molecule has 4 amide bonds. The van der Waals surface area contributed by atoms with Gasteiger partial charge in [-0.3, -0.25) is 38.4 Å². The number of carbonyl (C=O) groups is 8. The third-order valence-corrected chi connectivity index (χ3v) is 11.4. The molecule has 0 atom stereocenters. The number of thiophene rings is 1. The number of ether oxygens (including phenoxy) is 2. The van der Waals surface area contributed by atoms with Crippen LogP contribution < -0.4 is 20.4 Å². The third-order valence-electron chi connectivity index (χ3n) is 10.6. The Morgan fingerprint density at radius 1 is 0.600 bits per heavy atom. The van der Waals surface area contributed by atoms with Crippen LogP contribution in [-0.4, -0.2) is 83.5 Å². The van der Waals surface area contributed by atoms with Crippen LogP contribution in [0.5, 0.6) is 0 Å². The number of hydrogen-bond donors (Lipinski definition) is 2. The molecular formula is C58H60N6O10S. The van der Waals surface area contributed by atoms with Gasteiger partial charge in [-0.25, -0.2) is 4.98 Å². The van der Waals surface area contributed by atoms with Gasteiger partial charge < -0.3 is 34.3 Å². The van der Waals surface area contributed by atoms with Crippen molar-refractivity contribution in [2.24, 2.45) is 0 Å². The molecule has 388 valence electrons. The fourth-order valence-corrected chi connectivity index (χ4v) is 7.32. The van der Waals surface area contributed by atoms with Gasteiger partial charge in [0.2, 0.25) is 29.4 Å². The van der Waals surface area contributed by atoms with Gasteiger partial charge in [0.15, 0.2) is 17.3 Å². The van der Waals surface area contributed by atoms with Gasteiger partial charge in [0.05, 0.1) is 41.9 Å². The SMILES string of the molecule is CC(=O)N(C)c1cccc(-c2ccnc3c(C(=O)c4cccs4)ccn23)c1.CC(=O)Nc1cccc(C(C)=O)c1.CCO/C=C/C(=O)c1cccc(N(C)C(C)=O)c1.CCO/C=C/C(=O)c1cccc(NC(C)=O)c1. The lowest BCUT2D eigenvalue weighted by Crippen LogP contribution is -2.22. The summed E-state index contributed by atoms with van der Waals surface area (Å²) in [4.78, 5) is 99.9. The Balaban J connectivity index is 0.000000225. The maximum atomic E-state index is 12.8. The Morgan fingerprint density at radius 2 is 1.11 bits per heavy atom. The predicted molar refractivity (Wildman–Crippen MR) is 295 cm³/mol. The van der Waals surface area contributed by atoms with Gasteiger partial charge in [-0.15, -0.1) is 11.3 Å². The number of benzene rings is 4. The van der Waals surface area contributed by atoms with E-state index < -0.39 is 0 Å². The summed E-state index contributed by atoms with van der Waals surface area (Å²) in [5.74, 6) is -0.760. The summed E-state index contributed by atoms with van der Waals surface area (Å²) < 4.78 is 11.8. The number of aromatic nitrogens is 2. The molecule has 7 aromatic rings. The number of Topliss-reactive ketones (excluding diaryl/α,β-unsaturated/α-hetero) is 1. The Kier molecular flexibility index (Phi) is 22.9. The van der Waals surface area contributed by atoms with Crippen molar-refractivity contribution in [2.75, 3.05) is 47.7 Å². The van der Waals surface area contributed by atoms with Crippen LogP contribution in [-0.2, 0) is 28.7 Å². The summed E-state index contributed by atoms with van der Waals surface area (Å²) in [5.41, 5.74) is 7.45. The molecule has 0 saturated carbocycles. The highest BCUT2D eigenvalue weighted by Gasteiger charge is 2.18. The van der Waals surface area contributed by atoms with E-state index in [0.717, 1.165) is 16.9 Å². The van der Waals surface area contributed by atoms with Crippen LogP contribution in [0.15, 0.2) is 164 Å². The van der Waals surface area contributed by atoms with Gasteiger partial charge in [-0.05, 0) is 92.9 Å². The van der Waals surface area contributed by atoms with Crippen molar-refractivity contribution >= 4 is 86.5 Å². The first-order chi connectivity index (χ1) is 35.8. The molecule has 2 N–H and O–H groups in total. The lowest BCUT2D eigenvalue weighted by molar-refractivity contribution is -0.117. The van der Waals surface area contributed by atoms with E-state index >= 15 is 0 Å². The number of allylic oxidation sites excluding steroid dienone is 2. The molecule has 0 fully saturated rings. The van der Waals surface area contributed by atoms with Gasteiger partial charge in [-0.1, -0.05) is 54.6 Å². The van der Waals surface area contributed by atoms with Crippen molar-refractivity contribution in [3.8, 4) is 11.3 Å². The minimum absolute atomic E-state index is 0.00722. The van der Waals surface area contributed by atoms with Crippen LogP contribution in [0, 0.1) is 0 Å². The number of anilines is 4. The normalized spacial score (nSPS) is 10.4. The maximum Gasteiger partial charge on any atom is 0.223 e. The molecule has 0 aliphatic carbocycles. The number of hydrogen-bond acceptors (Lipinski definition) is 12. The Labute approximate surface area is 440 Å². The number of nitrogens with one attached hydrogen (secondary N) is 2. The van der Waals surface area contributed by atoms with Crippen molar-refractivity contribution in [1.29, 1.82) is 0 Å². The second-order valence-electron chi connectivity index (χ2n) is 16.1. The first kappa shape index (κ1) is 58.5. The van der Waals surface area contributed by atoms with Crippen LogP contribution in [0.25, 0.3) is 16.9 Å². The summed E-state index contributed by atoms with van der Waals surface area (Å²) in [5, 5.41) is 7.12. The lowest BCUT2D eigenvalue weighted by Gasteiger charge is -2.16. The van der Waals surface area contributed by atoms with E-state index in [2.05, 4.69) is 15.6 Å². The van der Waals surface area contributed by atoms with E-state index in [4.69, 9.17) is 9.47 Å². The molecule has 0 aliphatic rings. The van der Waals surface area contributed by atoms with Crippen molar-refractivity contribution in [2.45, 2.75) is 48.5 Å². The molecule has 0 unspecified atom stereocenters. The molecule has 0 radical (unpaired) electrons. The van der Waals surface area contributed by atoms with E-state index in [9.17, 15) is 38.4 Å². The average Bonchev–Trinajstić information content (AvgIpc) is 4.10. The third kappa shape index (κ3) is 18.2. The molecule has 3 heterocycles. The molecule has 0 aliphatic heterocycles. The maximum absolute atomic E-state index is 12.8. The van der Waals surface area contributed by atoms with Crippen molar-refractivity contribution < 1.29 is 47.8 Å². The summed E-state index contributed by atoms with van der Waals surface area (Å²) in [7, 11) is 3.42. The molecule has 7 rings (SSSR count). The molecule has 0 bridgehead atoms. The fraction of sp³-hybridized carbons (Fsp3) is 0.190. The molecule has 75 heavy (non-hydrogen) atoms.